The summed E-state index contributed by atoms with van der Waals surface area (Å²) in [5.41, 5.74) is 0. The van der Waals surface area contributed by atoms with Crippen LogP contribution in [0.25, 0.3) is 0 Å². The Morgan fingerprint density at radius 1 is 0.893 bits per heavy atom. The summed E-state index contributed by atoms with van der Waals surface area (Å²) in [7, 11) is -2.45. The molecule has 2 atom stereocenters. The summed E-state index contributed by atoms with van der Waals surface area (Å²) >= 11 is 0. The quantitative estimate of drug-likeness (QED) is 0.392. The molecule has 2 unspecified atom stereocenters. The van der Waals surface area contributed by atoms with Gasteiger partial charge in [0, 0.05) is 12.8 Å². The molecule has 0 radical (unpaired) electrons. The number of epoxide rings is 1. The van der Waals surface area contributed by atoms with Crippen molar-refractivity contribution in [2.45, 2.75) is 64.2 Å². The van der Waals surface area contributed by atoms with Gasteiger partial charge < -0.3 is 9.16 Å². The van der Waals surface area contributed by atoms with Crippen LogP contribution in [0.4, 0.5) is 0 Å². The molecule has 0 saturated carbocycles. The predicted octanol–water partition coefficient (Wildman–Crippen LogP) is 4.52. The van der Waals surface area contributed by atoms with Crippen molar-refractivity contribution in [3.05, 3.63) is 60.7 Å². The summed E-state index contributed by atoms with van der Waals surface area (Å²) in [5, 5.41) is 2.64. The highest BCUT2D eigenvalue weighted by Gasteiger charge is 2.51. The number of benzene rings is 2. The lowest BCUT2D eigenvalue weighted by molar-refractivity contribution is 0.247. The van der Waals surface area contributed by atoms with Gasteiger partial charge >= 0.3 is 0 Å². The van der Waals surface area contributed by atoms with Gasteiger partial charge in [0.15, 0.2) is 0 Å². The van der Waals surface area contributed by atoms with E-state index in [4.69, 9.17) is 9.16 Å². The molecule has 0 N–H and O–H groups in total. The Hall–Kier alpha value is -1.86. The standard InChI is InChI=1S/C25H32O2Si/c1-5-6-7-14-19-23-24(27-23)20-26-28(25(2,3)4,21-15-10-8-11-16-21)22-17-12-9-13-18-22/h8-13,15-18,23-24H,5,14,19-20H2,1-4H3. The van der Waals surface area contributed by atoms with Crippen LogP contribution in [0.5, 0.6) is 0 Å². The van der Waals surface area contributed by atoms with Gasteiger partial charge in [-0.2, -0.15) is 0 Å². The molecule has 3 rings (SSSR count). The van der Waals surface area contributed by atoms with E-state index >= 15 is 0 Å². The molecule has 1 heterocycles. The van der Waals surface area contributed by atoms with Crippen LogP contribution in [0.1, 0.15) is 47.0 Å². The van der Waals surface area contributed by atoms with E-state index in [-0.39, 0.29) is 11.1 Å². The highest BCUT2D eigenvalue weighted by Crippen LogP contribution is 2.38. The molecule has 0 spiro atoms. The molecule has 2 aromatic carbocycles. The van der Waals surface area contributed by atoms with Gasteiger partial charge in [-0.25, -0.2) is 0 Å². The van der Waals surface area contributed by atoms with Crippen molar-refractivity contribution in [3.8, 4) is 11.8 Å². The Bertz CT molecular complexity index is 760. The predicted molar refractivity (Wildman–Crippen MR) is 120 cm³/mol. The zero-order chi connectivity index (χ0) is 20.0. The molecule has 1 saturated heterocycles. The summed E-state index contributed by atoms with van der Waals surface area (Å²) in [6.45, 7) is 9.67. The zero-order valence-corrected chi connectivity index (χ0v) is 18.6. The fourth-order valence-corrected chi connectivity index (χ4v) is 8.55. The average molecular weight is 393 g/mol. The molecule has 1 aliphatic rings. The maximum absolute atomic E-state index is 6.93. The number of hydrogen-bond acceptors (Lipinski definition) is 2. The molecule has 2 aromatic rings. The fourth-order valence-electron chi connectivity index (χ4n) is 3.98. The summed E-state index contributed by atoms with van der Waals surface area (Å²) in [4.78, 5) is 0. The van der Waals surface area contributed by atoms with Crippen LogP contribution in [0, 0.1) is 11.8 Å². The van der Waals surface area contributed by atoms with E-state index < -0.39 is 8.32 Å². The summed E-state index contributed by atoms with van der Waals surface area (Å²) in [5.74, 6) is 6.35. The molecular weight excluding hydrogens is 360 g/mol. The van der Waals surface area contributed by atoms with Crippen molar-refractivity contribution >= 4 is 18.7 Å². The maximum atomic E-state index is 6.93. The van der Waals surface area contributed by atoms with Gasteiger partial charge in [-0.1, -0.05) is 88.4 Å². The smallest absolute Gasteiger partial charge is 0.261 e. The molecule has 28 heavy (non-hydrogen) atoms. The summed E-state index contributed by atoms with van der Waals surface area (Å²) in [6.07, 6.45) is 3.33. The van der Waals surface area contributed by atoms with Gasteiger partial charge in [0.1, 0.15) is 6.10 Å². The van der Waals surface area contributed by atoms with Crippen LogP contribution in [-0.4, -0.2) is 27.1 Å². The molecule has 1 aliphatic heterocycles. The van der Waals surface area contributed by atoms with Gasteiger partial charge in [0.2, 0.25) is 0 Å². The van der Waals surface area contributed by atoms with Gasteiger partial charge in [-0.15, -0.1) is 11.8 Å². The lowest BCUT2D eigenvalue weighted by Gasteiger charge is -2.43. The van der Waals surface area contributed by atoms with Crippen molar-refractivity contribution in [1.82, 2.24) is 0 Å². The van der Waals surface area contributed by atoms with E-state index in [1.165, 1.54) is 10.4 Å². The first-order chi connectivity index (χ1) is 13.5. The van der Waals surface area contributed by atoms with Crippen molar-refractivity contribution in [2.24, 2.45) is 0 Å². The second-order valence-electron chi connectivity index (χ2n) is 8.43. The van der Waals surface area contributed by atoms with Crippen molar-refractivity contribution in [3.63, 3.8) is 0 Å². The van der Waals surface area contributed by atoms with E-state index in [9.17, 15) is 0 Å². The van der Waals surface area contributed by atoms with E-state index in [0.29, 0.717) is 12.7 Å². The third kappa shape index (κ3) is 4.58. The highest BCUT2D eigenvalue weighted by molar-refractivity contribution is 6.99. The second kappa shape index (κ2) is 9.09. The van der Waals surface area contributed by atoms with Gasteiger partial charge in [-0.05, 0) is 21.8 Å². The molecule has 2 nitrogen and oxygen atoms in total. The average Bonchev–Trinajstić information content (AvgIpc) is 3.45. The van der Waals surface area contributed by atoms with Gasteiger partial charge in [0.05, 0.1) is 12.7 Å². The number of ether oxygens (including phenoxy) is 1. The summed E-state index contributed by atoms with van der Waals surface area (Å²) in [6, 6.07) is 21.6. The van der Waals surface area contributed by atoms with Crippen molar-refractivity contribution in [1.29, 1.82) is 0 Å². The van der Waals surface area contributed by atoms with Crippen LogP contribution in [0.2, 0.25) is 5.04 Å². The van der Waals surface area contributed by atoms with Crippen molar-refractivity contribution < 1.29 is 9.16 Å². The lowest BCUT2D eigenvalue weighted by Crippen LogP contribution is -2.66. The molecule has 148 valence electrons. The molecule has 0 bridgehead atoms. The third-order valence-electron chi connectivity index (χ3n) is 5.42. The van der Waals surface area contributed by atoms with Gasteiger partial charge in [-0.3, -0.25) is 0 Å². The van der Waals surface area contributed by atoms with E-state index in [2.05, 4.69) is 100 Å². The fraction of sp³-hybridized carbons (Fsp3) is 0.440. The minimum absolute atomic E-state index is 0.00664. The molecule has 3 heteroatoms. The van der Waals surface area contributed by atoms with Crippen molar-refractivity contribution in [2.75, 3.05) is 6.61 Å². The number of rotatable bonds is 7. The van der Waals surface area contributed by atoms with Crippen LogP contribution < -0.4 is 10.4 Å². The number of hydrogen-bond donors (Lipinski definition) is 0. The van der Waals surface area contributed by atoms with Crippen LogP contribution in [-0.2, 0) is 9.16 Å². The Morgan fingerprint density at radius 3 is 1.96 bits per heavy atom. The molecule has 0 aliphatic carbocycles. The zero-order valence-electron chi connectivity index (χ0n) is 17.6. The molecule has 1 fully saturated rings. The van der Waals surface area contributed by atoms with Crippen LogP contribution in [0.3, 0.4) is 0 Å². The lowest BCUT2D eigenvalue weighted by atomic mass is 10.2. The second-order valence-corrected chi connectivity index (χ2v) is 12.7. The molecule has 0 aromatic heterocycles. The first-order valence-electron chi connectivity index (χ1n) is 10.3. The van der Waals surface area contributed by atoms with Gasteiger partial charge in [0.25, 0.3) is 8.32 Å². The minimum Gasteiger partial charge on any atom is -0.405 e. The Labute approximate surface area is 171 Å². The van der Waals surface area contributed by atoms with E-state index in [1.807, 2.05) is 0 Å². The van der Waals surface area contributed by atoms with E-state index in [1.54, 1.807) is 0 Å². The Kier molecular flexibility index (Phi) is 6.77. The minimum atomic E-state index is -2.45. The van der Waals surface area contributed by atoms with Crippen LogP contribution >= 0.6 is 0 Å². The summed E-state index contributed by atoms with van der Waals surface area (Å²) < 4.78 is 12.8. The normalized spacial score (nSPS) is 19.0. The largest absolute Gasteiger partial charge is 0.405 e. The van der Waals surface area contributed by atoms with E-state index in [0.717, 1.165) is 19.3 Å². The molecular formula is C25H32O2Si. The highest BCUT2D eigenvalue weighted by atomic mass is 28.4. The monoisotopic (exact) mass is 392 g/mol. The third-order valence-corrected chi connectivity index (χ3v) is 10.4. The SMILES string of the molecule is CCC#CCCC1OC1CO[Si](c1ccccc1)(c1ccccc1)C(C)(C)C. The maximum Gasteiger partial charge on any atom is 0.261 e. The Balaban J connectivity index is 1.82. The molecule has 0 amide bonds. The van der Waals surface area contributed by atoms with Crippen LogP contribution in [0.15, 0.2) is 60.7 Å². The topological polar surface area (TPSA) is 21.8 Å². The Morgan fingerprint density at radius 2 is 1.46 bits per heavy atom. The first-order valence-corrected chi connectivity index (χ1v) is 12.3. The first kappa shape index (κ1) is 20.9.